The maximum absolute atomic E-state index is 12.2. The van der Waals surface area contributed by atoms with Crippen LogP contribution in [0.2, 0.25) is 0 Å². The standard InChI is InChI=1S/C13H10BN3O2/c18-13(12-7-3-4-8-15-12)17-14(19)11-6-2-1-5-10(11)9-16-17/h1-9,19H. The molecule has 0 spiro atoms. The van der Waals surface area contributed by atoms with Gasteiger partial charge in [0.25, 0.3) is 5.91 Å². The zero-order valence-electron chi connectivity index (χ0n) is 9.97. The van der Waals surface area contributed by atoms with Crippen LogP contribution in [-0.4, -0.2) is 34.1 Å². The number of hydrogen-bond donors (Lipinski definition) is 1. The Morgan fingerprint density at radius 3 is 2.74 bits per heavy atom. The molecule has 1 N–H and O–H groups in total. The van der Waals surface area contributed by atoms with E-state index in [1.165, 1.54) is 6.20 Å². The lowest BCUT2D eigenvalue weighted by molar-refractivity contribution is 0.0840. The van der Waals surface area contributed by atoms with Gasteiger partial charge in [0.1, 0.15) is 5.69 Å². The number of carbonyl (C=O) groups excluding carboxylic acids is 1. The molecule has 19 heavy (non-hydrogen) atoms. The highest BCUT2D eigenvalue weighted by Gasteiger charge is 2.34. The van der Waals surface area contributed by atoms with Crippen molar-refractivity contribution in [3.63, 3.8) is 0 Å². The van der Waals surface area contributed by atoms with Gasteiger partial charge >= 0.3 is 7.05 Å². The summed E-state index contributed by atoms with van der Waals surface area (Å²) >= 11 is 0. The van der Waals surface area contributed by atoms with Crippen LogP contribution in [0, 0.1) is 0 Å². The van der Waals surface area contributed by atoms with Crippen molar-refractivity contribution in [3.8, 4) is 0 Å². The van der Waals surface area contributed by atoms with Crippen LogP contribution in [0.4, 0.5) is 0 Å². The second kappa shape index (κ2) is 4.66. The van der Waals surface area contributed by atoms with Crippen molar-refractivity contribution in [2.24, 2.45) is 5.10 Å². The molecule has 0 fully saturated rings. The lowest BCUT2D eigenvalue weighted by atomic mass is 9.69. The summed E-state index contributed by atoms with van der Waals surface area (Å²) in [5.41, 5.74) is 1.71. The first-order valence-corrected chi connectivity index (χ1v) is 5.83. The second-order valence-electron chi connectivity index (χ2n) is 4.11. The van der Waals surface area contributed by atoms with Gasteiger partial charge in [0.2, 0.25) is 0 Å². The molecular formula is C13H10BN3O2. The van der Waals surface area contributed by atoms with Crippen molar-refractivity contribution in [1.29, 1.82) is 0 Å². The number of amides is 1. The summed E-state index contributed by atoms with van der Waals surface area (Å²) in [6, 6.07) is 12.3. The molecule has 1 aromatic heterocycles. The Balaban J connectivity index is 1.95. The Bertz CT molecular complexity index is 645. The molecule has 2 heterocycles. The lowest BCUT2D eigenvalue weighted by Crippen LogP contribution is -2.52. The fourth-order valence-corrected chi connectivity index (χ4v) is 1.95. The molecule has 5 nitrogen and oxygen atoms in total. The first kappa shape index (κ1) is 11.6. The maximum atomic E-state index is 12.2. The van der Waals surface area contributed by atoms with Crippen molar-refractivity contribution < 1.29 is 9.82 Å². The zero-order chi connectivity index (χ0) is 13.2. The molecule has 0 atom stereocenters. The summed E-state index contributed by atoms with van der Waals surface area (Å²) in [6.45, 7) is 0. The van der Waals surface area contributed by atoms with E-state index in [1.807, 2.05) is 18.2 Å². The summed E-state index contributed by atoms with van der Waals surface area (Å²) < 4.78 is 0. The number of pyridine rings is 1. The SMILES string of the molecule is O=C(c1ccccn1)N1N=Cc2ccccc2B1O. The van der Waals surface area contributed by atoms with Gasteiger partial charge in [0.05, 0.1) is 6.21 Å². The maximum Gasteiger partial charge on any atom is 0.474 e. The Hall–Kier alpha value is -2.47. The van der Waals surface area contributed by atoms with E-state index in [-0.39, 0.29) is 5.69 Å². The smallest absolute Gasteiger partial charge is 0.427 e. The number of hydrazone groups is 1. The van der Waals surface area contributed by atoms with Gasteiger partial charge in [-0.25, -0.2) is 4.92 Å². The molecule has 6 heteroatoms. The molecule has 0 radical (unpaired) electrons. The average molecular weight is 251 g/mol. The van der Waals surface area contributed by atoms with Gasteiger partial charge in [-0.05, 0) is 23.2 Å². The highest BCUT2D eigenvalue weighted by molar-refractivity contribution is 6.67. The predicted octanol–water partition coefficient (Wildman–Crippen LogP) is 0.259. The molecular weight excluding hydrogens is 241 g/mol. The molecule has 2 aromatic rings. The molecule has 0 aliphatic carbocycles. The van der Waals surface area contributed by atoms with E-state index in [0.29, 0.717) is 5.46 Å². The Morgan fingerprint density at radius 1 is 1.16 bits per heavy atom. The molecule has 0 saturated heterocycles. The fourth-order valence-electron chi connectivity index (χ4n) is 1.95. The van der Waals surface area contributed by atoms with Crippen molar-refractivity contribution in [2.75, 3.05) is 0 Å². The minimum Gasteiger partial charge on any atom is -0.427 e. The van der Waals surface area contributed by atoms with E-state index in [2.05, 4.69) is 10.1 Å². The summed E-state index contributed by atoms with van der Waals surface area (Å²) in [4.78, 5) is 17.2. The molecule has 0 unspecified atom stereocenters. The minimum absolute atomic E-state index is 0.248. The van der Waals surface area contributed by atoms with Gasteiger partial charge in [-0.15, -0.1) is 0 Å². The van der Waals surface area contributed by atoms with Crippen LogP contribution in [0.15, 0.2) is 53.8 Å². The van der Waals surface area contributed by atoms with Crippen LogP contribution in [0.3, 0.4) is 0 Å². The quantitative estimate of drug-likeness (QED) is 0.739. The Morgan fingerprint density at radius 2 is 1.95 bits per heavy atom. The van der Waals surface area contributed by atoms with Gasteiger partial charge in [-0.2, -0.15) is 5.10 Å². The van der Waals surface area contributed by atoms with Gasteiger partial charge < -0.3 is 5.02 Å². The van der Waals surface area contributed by atoms with Gasteiger partial charge in [-0.3, -0.25) is 9.78 Å². The zero-order valence-corrected chi connectivity index (χ0v) is 9.97. The van der Waals surface area contributed by atoms with E-state index in [1.54, 1.807) is 30.5 Å². The molecule has 92 valence electrons. The van der Waals surface area contributed by atoms with Crippen molar-refractivity contribution in [3.05, 3.63) is 59.9 Å². The van der Waals surface area contributed by atoms with Crippen molar-refractivity contribution >= 4 is 24.6 Å². The second-order valence-corrected chi connectivity index (χ2v) is 4.11. The van der Waals surface area contributed by atoms with Gasteiger partial charge in [0, 0.05) is 6.20 Å². The first-order valence-electron chi connectivity index (χ1n) is 5.83. The van der Waals surface area contributed by atoms with Crippen molar-refractivity contribution in [1.82, 2.24) is 9.90 Å². The highest BCUT2D eigenvalue weighted by Crippen LogP contribution is 2.09. The van der Waals surface area contributed by atoms with Crippen LogP contribution in [0.5, 0.6) is 0 Å². The van der Waals surface area contributed by atoms with E-state index in [9.17, 15) is 9.82 Å². The molecule has 1 aromatic carbocycles. The fraction of sp³-hybridized carbons (Fsp3) is 0. The normalized spacial score (nSPS) is 13.3. The number of rotatable bonds is 1. The number of carbonyl (C=O) groups is 1. The third kappa shape index (κ3) is 2.02. The summed E-state index contributed by atoms with van der Waals surface area (Å²) in [5, 5.41) is 14.2. The Kier molecular flexibility index (Phi) is 2.85. The van der Waals surface area contributed by atoms with Crippen LogP contribution in [0.25, 0.3) is 0 Å². The predicted molar refractivity (Wildman–Crippen MR) is 72.0 cm³/mol. The third-order valence-electron chi connectivity index (χ3n) is 2.92. The lowest BCUT2D eigenvalue weighted by Gasteiger charge is -2.24. The van der Waals surface area contributed by atoms with Gasteiger partial charge in [-0.1, -0.05) is 30.3 Å². The largest absolute Gasteiger partial charge is 0.474 e. The molecule has 0 saturated carbocycles. The molecule has 1 amide bonds. The third-order valence-corrected chi connectivity index (χ3v) is 2.92. The van der Waals surface area contributed by atoms with Crippen LogP contribution in [-0.2, 0) is 0 Å². The molecule has 3 rings (SSSR count). The molecule has 1 aliphatic rings. The first-order chi connectivity index (χ1) is 9.27. The summed E-state index contributed by atoms with van der Waals surface area (Å²) in [5.74, 6) is -0.432. The number of aromatic nitrogens is 1. The summed E-state index contributed by atoms with van der Waals surface area (Å²) in [7, 11) is -1.09. The summed E-state index contributed by atoms with van der Waals surface area (Å²) in [6.07, 6.45) is 3.09. The van der Waals surface area contributed by atoms with E-state index < -0.39 is 13.0 Å². The van der Waals surface area contributed by atoms with Crippen LogP contribution >= 0.6 is 0 Å². The number of hydrogen-bond acceptors (Lipinski definition) is 4. The van der Waals surface area contributed by atoms with Crippen LogP contribution in [0.1, 0.15) is 16.1 Å². The molecule has 1 aliphatic heterocycles. The molecule has 0 bridgehead atoms. The van der Waals surface area contributed by atoms with E-state index in [4.69, 9.17) is 0 Å². The van der Waals surface area contributed by atoms with Gasteiger partial charge in [0.15, 0.2) is 0 Å². The number of benzene rings is 1. The van der Waals surface area contributed by atoms with Crippen molar-refractivity contribution in [2.45, 2.75) is 0 Å². The number of fused-ring (bicyclic) bond motifs is 1. The minimum atomic E-state index is -1.09. The topological polar surface area (TPSA) is 65.8 Å². The highest BCUT2D eigenvalue weighted by atomic mass is 16.2. The number of nitrogens with zero attached hydrogens (tertiary/aromatic N) is 3. The average Bonchev–Trinajstić information content (AvgIpc) is 2.48. The van der Waals surface area contributed by atoms with E-state index in [0.717, 1.165) is 10.5 Å². The van der Waals surface area contributed by atoms with E-state index >= 15 is 0 Å². The monoisotopic (exact) mass is 251 g/mol. The van der Waals surface area contributed by atoms with Crippen LogP contribution < -0.4 is 5.46 Å². The Labute approximate surface area is 110 Å².